The molecule has 3 atom stereocenters. The van der Waals surface area contributed by atoms with Crippen LogP contribution in [0.15, 0.2) is 0 Å². The summed E-state index contributed by atoms with van der Waals surface area (Å²) in [6.07, 6.45) is 4.31. The average molecular weight is 262 g/mol. The van der Waals surface area contributed by atoms with Crippen molar-refractivity contribution in [3.05, 3.63) is 0 Å². The number of hydrogen-bond acceptors (Lipinski definition) is 2. The van der Waals surface area contributed by atoms with E-state index in [0.717, 1.165) is 25.7 Å². The molecule has 0 fully saturated rings. The lowest BCUT2D eigenvalue weighted by Gasteiger charge is -2.20. The van der Waals surface area contributed by atoms with Crippen LogP contribution in [0.4, 0.5) is 0 Å². The van der Waals surface area contributed by atoms with Crippen molar-refractivity contribution in [1.82, 2.24) is 0 Å². The van der Waals surface area contributed by atoms with Gasteiger partial charge in [0.15, 0.2) is 0 Å². The summed E-state index contributed by atoms with van der Waals surface area (Å²) in [5, 5.41) is 8.37. The average Bonchev–Trinajstić information content (AvgIpc) is 2.22. The van der Waals surface area contributed by atoms with Crippen LogP contribution in [0.1, 0.15) is 53.4 Å². The molecule has 0 saturated carbocycles. The molecule has 1 N–H and O–H groups in total. The van der Waals surface area contributed by atoms with Gasteiger partial charge in [-0.1, -0.05) is 47.0 Å². The lowest BCUT2D eigenvalue weighted by atomic mass is 10.0. The van der Waals surface area contributed by atoms with E-state index in [1.165, 1.54) is 0 Å². The van der Waals surface area contributed by atoms with Crippen LogP contribution in [-0.4, -0.2) is 26.3 Å². The van der Waals surface area contributed by atoms with Gasteiger partial charge in [-0.3, -0.25) is 9.00 Å². The molecule has 0 saturated heterocycles. The van der Waals surface area contributed by atoms with Crippen LogP contribution >= 0.6 is 0 Å². The van der Waals surface area contributed by atoms with Gasteiger partial charge < -0.3 is 5.11 Å². The highest BCUT2D eigenvalue weighted by Crippen LogP contribution is 2.18. The van der Waals surface area contributed by atoms with Crippen LogP contribution in [0.2, 0.25) is 0 Å². The maximum atomic E-state index is 12.1. The van der Waals surface area contributed by atoms with Gasteiger partial charge in [0.1, 0.15) is 5.25 Å². The largest absolute Gasteiger partial charge is 0.480 e. The van der Waals surface area contributed by atoms with Crippen LogP contribution in [-0.2, 0) is 15.6 Å². The van der Waals surface area contributed by atoms with Crippen molar-refractivity contribution in [2.75, 3.05) is 5.75 Å². The quantitative estimate of drug-likeness (QED) is 0.695. The fourth-order valence-corrected chi connectivity index (χ4v) is 3.84. The molecule has 0 aromatic heterocycles. The third kappa shape index (κ3) is 6.20. The van der Waals surface area contributed by atoms with Gasteiger partial charge in [0, 0.05) is 16.6 Å². The predicted molar refractivity (Wildman–Crippen MR) is 72.6 cm³/mol. The summed E-state index contributed by atoms with van der Waals surface area (Å²) in [6.45, 7) is 7.87. The van der Waals surface area contributed by atoms with Gasteiger partial charge >= 0.3 is 5.97 Å². The number of unbranched alkanes of at least 4 members (excludes halogenated alkanes) is 1. The number of carboxylic acids is 1. The van der Waals surface area contributed by atoms with Gasteiger partial charge in [0.2, 0.25) is 0 Å². The Labute approximate surface area is 107 Å². The first-order valence-electron chi connectivity index (χ1n) is 6.53. The highest BCUT2D eigenvalue weighted by atomic mass is 32.2. The van der Waals surface area contributed by atoms with Crippen LogP contribution in [0.3, 0.4) is 0 Å². The predicted octanol–water partition coefficient (Wildman–Crippen LogP) is 3.06. The Hall–Kier alpha value is -0.380. The standard InChI is InChI=1S/C13H26O3S/c1-5-7-8-11(6-2)9-17(16)12(10(3)4)13(14)15/h10-12H,5-9H2,1-4H3,(H,14,15). The van der Waals surface area contributed by atoms with Crippen molar-refractivity contribution < 1.29 is 14.1 Å². The molecule has 3 unspecified atom stereocenters. The van der Waals surface area contributed by atoms with Gasteiger partial charge in [-0.15, -0.1) is 0 Å². The number of carboxylic acid groups (broad SMARTS) is 1. The van der Waals surface area contributed by atoms with Gasteiger partial charge in [-0.05, 0) is 18.3 Å². The second kappa shape index (κ2) is 8.67. The SMILES string of the molecule is CCCCC(CC)CS(=O)C(C(=O)O)C(C)C. The maximum absolute atomic E-state index is 12.1. The van der Waals surface area contributed by atoms with Gasteiger partial charge in [-0.25, -0.2) is 0 Å². The van der Waals surface area contributed by atoms with E-state index in [1.54, 1.807) is 0 Å². The third-order valence-corrected chi connectivity index (χ3v) is 5.19. The van der Waals surface area contributed by atoms with Crippen molar-refractivity contribution in [3.63, 3.8) is 0 Å². The Bertz CT molecular complexity index is 251. The summed E-state index contributed by atoms with van der Waals surface area (Å²) >= 11 is 0. The minimum atomic E-state index is -1.25. The summed E-state index contributed by atoms with van der Waals surface area (Å²) in [4.78, 5) is 11.1. The summed E-state index contributed by atoms with van der Waals surface area (Å²) in [5.74, 6) is -0.0666. The van der Waals surface area contributed by atoms with E-state index in [4.69, 9.17) is 5.11 Å². The molecule has 0 aromatic rings. The molecule has 17 heavy (non-hydrogen) atoms. The Balaban J connectivity index is 4.41. The van der Waals surface area contributed by atoms with E-state index in [-0.39, 0.29) is 5.92 Å². The van der Waals surface area contributed by atoms with Crippen LogP contribution in [0.25, 0.3) is 0 Å². The smallest absolute Gasteiger partial charge is 0.319 e. The molecule has 4 heteroatoms. The second-order valence-corrected chi connectivity index (χ2v) is 6.57. The maximum Gasteiger partial charge on any atom is 0.319 e. The van der Waals surface area contributed by atoms with Gasteiger partial charge in [0.25, 0.3) is 0 Å². The molecule has 0 bridgehead atoms. The first-order chi connectivity index (χ1) is 7.93. The molecule has 0 aliphatic heterocycles. The fraction of sp³-hybridized carbons (Fsp3) is 0.923. The minimum Gasteiger partial charge on any atom is -0.480 e. The molecule has 0 rings (SSSR count). The Kier molecular flexibility index (Phi) is 8.48. The zero-order valence-electron chi connectivity index (χ0n) is 11.4. The summed E-state index contributed by atoms with van der Waals surface area (Å²) in [7, 11) is -1.25. The number of carbonyl (C=O) groups is 1. The molecular weight excluding hydrogens is 236 g/mol. The van der Waals surface area contributed by atoms with Crippen molar-refractivity contribution >= 4 is 16.8 Å². The van der Waals surface area contributed by atoms with Gasteiger partial charge in [-0.2, -0.15) is 0 Å². The summed E-state index contributed by atoms with van der Waals surface area (Å²) in [6, 6.07) is 0. The normalized spacial score (nSPS) is 16.8. The summed E-state index contributed by atoms with van der Waals surface area (Å²) in [5.41, 5.74) is 0. The number of hydrogen-bond donors (Lipinski definition) is 1. The highest BCUT2D eigenvalue weighted by Gasteiger charge is 2.29. The van der Waals surface area contributed by atoms with Gasteiger partial charge in [0.05, 0.1) is 0 Å². The third-order valence-electron chi connectivity index (χ3n) is 3.08. The molecule has 0 aliphatic rings. The molecule has 3 nitrogen and oxygen atoms in total. The molecule has 0 aliphatic carbocycles. The van der Waals surface area contributed by atoms with E-state index in [9.17, 15) is 9.00 Å². The van der Waals surface area contributed by atoms with E-state index in [0.29, 0.717) is 11.7 Å². The van der Waals surface area contributed by atoms with E-state index >= 15 is 0 Å². The molecule has 0 amide bonds. The van der Waals surface area contributed by atoms with Crippen molar-refractivity contribution in [3.8, 4) is 0 Å². The Morgan fingerprint density at radius 1 is 1.29 bits per heavy atom. The van der Waals surface area contributed by atoms with Crippen LogP contribution < -0.4 is 0 Å². The van der Waals surface area contributed by atoms with E-state index < -0.39 is 22.0 Å². The van der Waals surface area contributed by atoms with Crippen LogP contribution in [0, 0.1) is 11.8 Å². The van der Waals surface area contributed by atoms with Crippen molar-refractivity contribution in [2.45, 2.75) is 58.6 Å². The number of rotatable bonds is 9. The zero-order chi connectivity index (χ0) is 13.4. The molecule has 0 heterocycles. The zero-order valence-corrected chi connectivity index (χ0v) is 12.3. The van der Waals surface area contributed by atoms with Crippen molar-refractivity contribution in [1.29, 1.82) is 0 Å². The lowest BCUT2D eigenvalue weighted by Crippen LogP contribution is -2.34. The molecule has 0 radical (unpaired) electrons. The highest BCUT2D eigenvalue weighted by molar-refractivity contribution is 7.86. The Morgan fingerprint density at radius 3 is 2.24 bits per heavy atom. The monoisotopic (exact) mass is 262 g/mol. The minimum absolute atomic E-state index is 0.0722. The Morgan fingerprint density at radius 2 is 1.88 bits per heavy atom. The summed E-state index contributed by atoms with van der Waals surface area (Å²) < 4.78 is 12.1. The lowest BCUT2D eigenvalue weighted by molar-refractivity contribution is -0.137. The van der Waals surface area contributed by atoms with Crippen LogP contribution in [0.5, 0.6) is 0 Å². The van der Waals surface area contributed by atoms with Crippen molar-refractivity contribution in [2.24, 2.45) is 11.8 Å². The molecule has 0 aromatic carbocycles. The first-order valence-corrected chi connectivity index (χ1v) is 7.92. The molecular formula is C13H26O3S. The topological polar surface area (TPSA) is 54.4 Å². The number of aliphatic carboxylic acids is 1. The first kappa shape index (κ1) is 16.6. The molecule has 102 valence electrons. The van der Waals surface area contributed by atoms with E-state index in [2.05, 4.69) is 13.8 Å². The second-order valence-electron chi connectivity index (χ2n) is 4.97. The molecule has 0 spiro atoms. The van der Waals surface area contributed by atoms with E-state index in [1.807, 2.05) is 13.8 Å². The fourth-order valence-electron chi connectivity index (χ4n) is 1.94.